The van der Waals surface area contributed by atoms with Gasteiger partial charge in [-0.1, -0.05) is 49.1 Å². The van der Waals surface area contributed by atoms with E-state index in [1.165, 1.54) is 0 Å². The minimum atomic E-state index is -1.62. The lowest BCUT2D eigenvalue weighted by Crippen LogP contribution is -2.06. The van der Waals surface area contributed by atoms with Gasteiger partial charge in [0, 0.05) is 6.42 Å². The molecule has 0 atom stereocenters. The molecule has 1 heterocycles. The zero-order valence-electron chi connectivity index (χ0n) is 16.4. The van der Waals surface area contributed by atoms with Crippen molar-refractivity contribution >= 4 is 8.60 Å². The molecule has 26 heavy (non-hydrogen) atoms. The highest BCUT2D eigenvalue weighted by Crippen LogP contribution is 2.51. The molecule has 0 aromatic rings. The van der Waals surface area contributed by atoms with Crippen LogP contribution in [0.3, 0.4) is 0 Å². The highest BCUT2D eigenvalue weighted by atomic mass is 31.2. The van der Waals surface area contributed by atoms with Gasteiger partial charge in [0.15, 0.2) is 0 Å². The molecule has 0 unspecified atom stereocenters. The van der Waals surface area contributed by atoms with Crippen LogP contribution in [0.25, 0.3) is 0 Å². The Hall–Kier alpha value is -2.25. The van der Waals surface area contributed by atoms with E-state index >= 15 is 0 Å². The quantitative estimate of drug-likeness (QED) is 0.283. The Labute approximate surface area is 159 Å². The van der Waals surface area contributed by atoms with E-state index in [0.717, 1.165) is 22.7 Å². The molecule has 140 valence electrons. The molecule has 0 bridgehead atoms. The molecule has 0 N–H and O–H groups in total. The van der Waals surface area contributed by atoms with Gasteiger partial charge in [-0.15, -0.1) is 0 Å². The second-order valence-electron chi connectivity index (χ2n) is 5.43. The molecule has 1 aliphatic rings. The Kier molecular flexibility index (Phi) is 10.2. The molecule has 1 saturated heterocycles. The van der Waals surface area contributed by atoms with Crippen molar-refractivity contribution in [3.63, 3.8) is 0 Å². The Morgan fingerprint density at radius 3 is 1.85 bits per heavy atom. The van der Waals surface area contributed by atoms with Crippen molar-refractivity contribution in [2.24, 2.45) is 0 Å². The monoisotopic (exact) mass is 372 g/mol. The van der Waals surface area contributed by atoms with Crippen molar-refractivity contribution in [3.05, 3.63) is 95.8 Å². The summed E-state index contributed by atoms with van der Waals surface area (Å²) in [6.45, 7) is 13.4. The first-order valence-corrected chi connectivity index (χ1v) is 9.79. The molecule has 1 rings (SSSR count). The summed E-state index contributed by atoms with van der Waals surface area (Å²) in [4.78, 5) is 0. The fraction of sp³-hybridized carbons (Fsp3) is 0.273. The van der Waals surface area contributed by atoms with Crippen LogP contribution >= 0.6 is 8.60 Å². The first-order chi connectivity index (χ1) is 12.6. The second kappa shape index (κ2) is 12.2. The van der Waals surface area contributed by atoms with Gasteiger partial charge in [0.05, 0.1) is 0 Å². The van der Waals surface area contributed by atoms with Crippen molar-refractivity contribution in [1.82, 2.24) is 0 Å². The maximum absolute atomic E-state index is 6.07. The predicted molar refractivity (Wildman–Crippen MR) is 112 cm³/mol. The minimum Gasteiger partial charge on any atom is -0.413 e. The van der Waals surface area contributed by atoms with Gasteiger partial charge in [-0.3, -0.25) is 0 Å². The van der Waals surface area contributed by atoms with Crippen LogP contribution in [0, 0.1) is 0 Å². The van der Waals surface area contributed by atoms with E-state index in [0.29, 0.717) is 12.2 Å². The van der Waals surface area contributed by atoms with Crippen LogP contribution in [0.5, 0.6) is 0 Å². The van der Waals surface area contributed by atoms with Crippen LogP contribution < -0.4 is 0 Å². The number of rotatable bonds is 5. The Bertz CT molecular complexity index is 642. The van der Waals surface area contributed by atoms with Gasteiger partial charge in [0.2, 0.25) is 0 Å². The smallest absolute Gasteiger partial charge is 0.413 e. The summed E-state index contributed by atoms with van der Waals surface area (Å²) < 4.78 is 18.0. The molecule has 1 aliphatic heterocycles. The van der Waals surface area contributed by atoms with E-state index < -0.39 is 8.60 Å². The molecule has 0 aromatic heterocycles. The predicted octanol–water partition coefficient (Wildman–Crippen LogP) is 7.57. The van der Waals surface area contributed by atoms with Crippen molar-refractivity contribution in [2.75, 3.05) is 0 Å². The molecule has 1 fully saturated rings. The van der Waals surface area contributed by atoms with Crippen LogP contribution in [-0.4, -0.2) is 0 Å². The summed E-state index contributed by atoms with van der Waals surface area (Å²) >= 11 is 0. The maximum atomic E-state index is 6.07. The SMILES string of the molecule is C=C/C=C(\C)OP1OC(=C/C)/C(=C\C=C/C)CC(=C/C=C\C)/C(=C\C)O1. The first-order valence-electron chi connectivity index (χ1n) is 8.69. The highest BCUT2D eigenvalue weighted by Gasteiger charge is 2.27. The van der Waals surface area contributed by atoms with Gasteiger partial charge >= 0.3 is 8.60 Å². The third-order valence-electron chi connectivity index (χ3n) is 3.43. The Balaban J connectivity index is 3.37. The summed E-state index contributed by atoms with van der Waals surface area (Å²) in [7, 11) is -1.62. The molecular weight excluding hydrogens is 343 g/mol. The Morgan fingerprint density at radius 1 is 0.962 bits per heavy atom. The molecule has 4 heteroatoms. The zero-order valence-corrected chi connectivity index (χ0v) is 17.3. The molecule has 3 nitrogen and oxygen atoms in total. The number of allylic oxidation sites excluding steroid dienone is 13. The lowest BCUT2D eigenvalue weighted by Gasteiger charge is -2.26. The molecular formula is C22H29O3P. The third-order valence-corrected chi connectivity index (χ3v) is 4.56. The van der Waals surface area contributed by atoms with Gasteiger partial charge in [-0.05, 0) is 64.0 Å². The third kappa shape index (κ3) is 6.93. The fourth-order valence-electron chi connectivity index (χ4n) is 2.21. The molecule has 0 radical (unpaired) electrons. The largest absolute Gasteiger partial charge is 0.529 e. The molecule has 0 saturated carbocycles. The van der Waals surface area contributed by atoms with Crippen LogP contribution in [0.1, 0.15) is 41.0 Å². The Morgan fingerprint density at radius 2 is 1.46 bits per heavy atom. The lowest BCUT2D eigenvalue weighted by atomic mass is 10.0. The summed E-state index contributed by atoms with van der Waals surface area (Å²) in [5.74, 6) is 2.22. The summed E-state index contributed by atoms with van der Waals surface area (Å²) in [6, 6.07) is 0. The number of hydrogen-bond acceptors (Lipinski definition) is 3. The van der Waals surface area contributed by atoms with E-state index in [2.05, 4.69) is 18.7 Å². The topological polar surface area (TPSA) is 27.7 Å². The average molecular weight is 372 g/mol. The van der Waals surface area contributed by atoms with Gasteiger partial charge in [0.1, 0.15) is 17.3 Å². The molecule has 0 aromatic carbocycles. The highest BCUT2D eigenvalue weighted by molar-refractivity contribution is 7.42. The minimum absolute atomic E-state index is 0.690. The van der Waals surface area contributed by atoms with Gasteiger partial charge in [-0.25, -0.2) is 0 Å². The molecule has 0 aliphatic carbocycles. The standard InChI is InChI=1S/C22H29O3P/c1-7-12-15-19-17-20(16-13-8-2)22(11-5)25-26(24-21(19)10-4)23-18(6)14-9-3/h7-16H,3,17H2,1-2,4-6H3/b12-7-,13-8-,18-14+,19-15-,20-16-,21-10+,22-11+. The fourth-order valence-corrected chi connectivity index (χ4v) is 3.38. The average Bonchev–Trinajstić information content (AvgIpc) is 2.62. The summed E-state index contributed by atoms with van der Waals surface area (Å²) in [5, 5.41) is 0. The van der Waals surface area contributed by atoms with E-state index in [1.807, 2.05) is 71.1 Å². The van der Waals surface area contributed by atoms with Gasteiger partial charge in [-0.2, -0.15) is 0 Å². The van der Waals surface area contributed by atoms with Crippen LogP contribution in [0.15, 0.2) is 95.8 Å². The van der Waals surface area contributed by atoms with E-state index in [4.69, 9.17) is 13.6 Å². The van der Waals surface area contributed by atoms with Crippen LogP contribution in [-0.2, 0) is 13.6 Å². The van der Waals surface area contributed by atoms with Crippen molar-refractivity contribution in [3.8, 4) is 0 Å². The van der Waals surface area contributed by atoms with E-state index in [9.17, 15) is 0 Å². The van der Waals surface area contributed by atoms with Gasteiger partial charge in [0.25, 0.3) is 0 Å². The zero-order chi connectivity index (χ0) is 19.4. The van der Waals surface area contributed by atoms with E-state index in [-0.39, 0.29) is 0 Å². The first kappa shape index (κ1) is 21.8. The lowest BCUT2D eigenvalue weighted by molar-refractivity contribution is 0.256. The van der Waals surface area contributed by atoms with Crippen molar-refractivity contribution in [2.45, 2.75) is 41.0 Å². The van der Waals surface area contributed by atoms with Crippen molar-refractivity contribution < 1.29 is 13.6 Å². The summed E-state index contributed by atoms with van der Waals surface area (Å²) in [5.41, 5.74) is 2.15. The van der Waals surface area contributed by atoms with E-state index in [1.54, 1.807) is 12.2 Å². The molecule has 0 spiro atoms. The normalized spacial score (nSPS) is 25.6. The number of hydrogen-bond donors (Lipinski definition) is 0. The van der Waals surface area contributed by atoms with Crippen LogP contribution in [0.4, 0.5) is 0 Å². The van der Waals surface area contributed by atoms with Crippen molar-refractivity contribution in [1.29, 1.82) is 0 Å². The van der Waals surface area contributed by atoms with Gasteiger partial charge < -0.3 is 13.6 Å². The molecule has 0 amide bonds. The van der Waals surface area contributed by atoms with Crippen LogP contribution in [0.2, 0.25) is 0 Å². The second-order valence-corrected chi connectivity index (χ2v) is 6.42. The summed E-state index contributed by atoms with van der Waals surface area (Å²) in [6.07, 6.45) is 20.2. The maximum Gasteiger partial charge on any atom is 0.529 e.